The summed E-state index contributed by atoms with van der Waals surface area (Å²) in [6.45, 7) is 3.26. The first-order valence-corrected chi connectivity index (χ1v) is 7.17. The predicted octanol–water partition coefficient (Wildman–Crippen LogP) is 2.69. The van der Waals surface area contributed by atoms with E-state index in [2.05, 4.69) is 10.1 Å². The minimum atomic E-state index is -4.68. The number of halogens is 3. The minimum absolute atomic E-state index is 0.107. The smallest absolute Gasteiger partial charge is 0.406 e. The van der Waals surface area contributed by atoms with Gasteiger partial charge in [0.05, 0.1) is 5.54 Å². The number of nitrogens with zero attached hydrogens (tertiary/aromatic N) is 1. The maximum absolute atomic E-state index is 12.1. The van der Waals surface area contributed by atoms with Crippen molar-refractivity contribution in [1.82, 2.24) is 5.32 Å². The van der Waals surface area contributed by atoms with Gasteiger partial charge < -0.3 is 15.0 Å². The summed E-state index contributed by atoms with van der Waals surface area (Å²) in [5.74, 6) is 0.0438. The molecule has 0 aromatic heterocycles. The van der Waals surface area contributed by atoms with Gasteiger partial charge in [-0.2, -0.15) is 0 Å². The maximum Gasteiger partial charge on any atom is 0.573 e. The van der Waals surface area contributed by atoms with Crippen molar-refractivity contribution in [3.8, 4) is 5.75 Å². The first kappa shape index (κ1) is 15.0. The Balaban J connectivity index is 1.54. The minimum Gasteiger partial charge on any atom is -0.406 e. The molecule has 1 heterocycles. The van der Waals surface area contributed by atoms with Crippen molar-refractivity contribution in [3.05, 3.63) is 24.3 Å². The second kappa shape index (κ2) is 5.07. The lowest BCUT2D eigenvalue weighted by atomic mass is 9.91. The molecule has 0 atom stereocenters. The molecule has 1 saturated carbocycles. The highest BCUT2D eigenvalue weighted by Gasteiger charge is 2.42. The van der Waals surface area contributed by atoms with E-state index < -0.39 is 6.36 Å². The molecule has 0 bridgehead atoms. The number of carbonyl (C=O) groups excluding carboxylic acids is 1. The zero-order valence-corrected chi connectivity index (χ0v) is 12.1. The molecule has 2 fully saturated rings. The number of amides is 1. The molecule has 3 rings (SSSR count). The highest BCUT2D eigenvalue weighted by molar-refractivity contribution is 5.82. The predicted molar refractivity (Wildman–Crippen MR) is 74.6 cm³/mol. The van der Waals surface area contributed by atoms with Crippen LogP contribution in [0.4, 0.5) is 18.9 Å². The largest absolute Gasteiger partial charge is 0.573 e. The molecule has 1 saturated heterocycles. The van der Waals surface area contributed by atoms with Gasteiger partial charge >= 0.3 is 6.36 Å². The molecule has 1 amide bonds. The second-order valence-corrected chi connectivity index (χ2v) is 6.22. The van der Waals surface area contributed by atoms with Gasteiger partial charge in [-0.25, -0.2) is 0 Å². The van der Waals surface area contributed by atoms with Crippen LogP contribution >= 0.6 is 0 Å². The molecule has 0 spiro atoms. The molecule has 1 aliphatic carbocycles. The Morgan fingerprint density at radius 2 is 1.86 bits per heavy atom. The van der Waals surface area contributed by atoms with Crippen LogP contribution in [0.25, 0.3) is 0 Å². The van der Waals surface area contributed by atoms with Crippen molar-refractivity contribution >= 4 is 11.6 Å². The van der Waals surface area contributed by atoms with Gasteiger partial charge in [-0.1, -0.05) is 0 Å². The fraction of sp³-hybridized carbons (Fsp3) is 0.533. The van der Waals surface area contributed by atoms with E-state index in [9.17, 15) is 18.0 Å². The van der Waals surface area contributed by atoms with Crippen molar-refractivity contribution in [2.45, 2.75) is 31.7 Å². The zero-order valence-electron chi connectivity index (χ0n) is 12.1. The first-order chi connectivity index (χ1) is 10.2. The number of hydrogen-bond donors (Lipinski definition) is 1. The molecular formula is C15H17F3N2O2. The fourth-order valence-corrected chi connectivity index (χ4v) is 2.66. The van der Waals surface area contributed by atoms with Crippen LogP contribution < -0.4 is 15.0 Å². The summed E-state index contributed by atoms with van der Waals surface area (Å²) in [5.41, 5.74) is 0.550. The quantitative estimate of drug-likeness (QED) is 0.929. The lowest BCUT2D eigenvalue weighted by Crippen LogP contribution is -2.69. The Morgan fingerprint density at radius 3 is 2.36 bits per heavy atom. The number of ether oxygens (including phenoxy) is 1. The summed E-state index contributed by atoms with van der Waals surface area (Å²) in [5, 5.41) is 3.04. The third-order valence-electron chi connectivity index (χ3n) is 3.89. The van der Waals surface area contributed by atoms with Gasteiger partial charge in [0.2, 0.25) is 5.91 Å². The van der Waals surface area contributed by atoms with E-state index in [1.54, 1.807) is 12.1 Å². The second-order valence-electron chi connectivity index (χ2n) is 6.22. The molecule has 1 aliphatic heterocycles. The highest BCUT2D eigenvalue weighted by atomic mass is 19.4. The van der Waals surface area contributed by atoms with Crippen LogP contribution in [0.2, 0.25) is 0 Å². The number of nitrogens with one attached hydrogen (secondary N) is 1. The monoisotopic (exact) mass is 314 g/mol. The van der Waals surface area contributed by atoms with Crippen LogP contribution in [0.1, 0.15) is 19.8 Å². The molecule has 1 N–H and O–H groups in total. The van der Waals surface area contributed by atoms with Gasteiger partial charge in [0.1, 0.15) is 5.75 Å². The molecule has 0 unspecified atom stereocenters. The standard InChI is InChI=1S/C15H17F3N2O2/c1-14(19-13(21)10-2-3-10)8-20(9-14)11-4-6-12(7-5-11)22-15(16,17)18/h4-7,10H,2-3,8-9H2,1H3,(H,19,21). The lowest BCUT2D eigenvalue weighted by molar-refractivity contribution is -0.274. The van der Waals surface area contributed by atoms with E-state index in [0.717, 1.165) is 18.5 Å². The van der Waals surface area contributed by atoms with Crippen LogP contribution in [0.5, 0.6) is 5.75 Å². The van der Waals surface area contributed by atoms with Crippen molar-refractivity contribution in [2.75, 3.05) is 18.0 Å². The molecule has 7 heteroatoms. The molecule has 2 aliphatic rings. The van der Waals surface area contributed by atoms with Crippen molar-refractivity contribution in [3.63, 3.8) is 0 Å². The van der Waals surface area contributed by atoms with Crippen LogP contribution in [-0.4, -0.2) is 30.9 Å². The normalized spacial score (nSPS) is 20.3. The van der Waals surface area contributed by atoms with Crippen LogP contribution in [0.3, 0.4) is 0 Å². The van der Waals surface area contributed by atoms with Gasteiger partial charge in [-0.3, -0.25) is 4.79 Å². The van der Waals surface area contributed by atoms with Crippen molar-refractivity contribution in [2.24, 2.45) is 5.92 Å². The summed E-state index contributed by atoms with van der Waals surface area (Å²) >= 11 is 0. The summed E-state index contributed by atoms with van der Waals surface area (Å²) in [6, 6.07) is 5.76. The Morgan fingerprint density at radius 1 is 1.27 bits per heavy atom. The molecule has 120 valence electrons. The van der Waals surface area contributed by atoms with Crippen molar-refractivity contribution < 1.29 is 22.7 Å². The summed E-state index contributed by atoms with van der Waals surface area (Å²) in [7, 11) is 0. The number of anilines is 1. The van der Waals surface area contributed by atoms with E-state index in [1.165, 1.54) is 12.1 Å². The molecule has 1 aromatic carbocycles. The molecular weight excluding hydrogens is 297 g/mol. The number of rotatable bonds is 4. The topological polar surface area (TPSA) is 41.6 Å². The summed E-state index contributed by atoms with van der Waals surface area (Å²) in [6.07, 6.45) is -2.75. The van der Waals surface area contributed by atoms with Gasteiger partial charge in [0, 0.05) is 24.7 Å². The Kier molecular flexibility index (Phi) is 3.45. The number of benzene rings is 1. The Labute approximate surface area is 126 Å². The van der Waals surface area contributed by atoms with Gasteiger partial charge in [-0.15, -0.1) is 13.2 Å². The first-order valence-electron chi connectivity index (χ1n) is 7.17. The van der Waals surface area contributed by atoms with E-state index >= 15 is 0 Å². The molecule has 22 heavy (non-hydrogen) atoms. The van der Waals surface area contributed by atoms with Gasteiger partial charge in [-0.05, 0) is 44.0 Å². The van der Waals surface area contributed by atoms with Crippen LogP contribution in [-0.2, 0) is 4.79 Å². The lowest BCUT2D eigenvalue weighted by Gasteiger charge is -2.49. The average molecular weight is 314 g/mol. The third-order valence-corrected chi connectivity index (χ3v) is 3.89. The number of carbonyl (C=O) groups is 1. The fourth-order valence-electron chi connectivity index (χ4n) is 2.66. The van der Waals surface area contributed by atoms with Gasteiger partial charge in [0.15, 0.2) is 0 Å². The average Bonchev–Trinajstić information content (AvgIpc) is 3.19. The zero-order chi connectivity index (χ0) is 16.0. The Hall–Kier alpha value is -1.92. The highest BCUT2D eigenvalue weighted by Crippen LogP contribution is 2.33. The molecule has 1 aromatic rings. The van der Waals surface area contributed by atoms with Gasteiger partial charge in [0.25, 0.3) is 0 Å². The van der Waals surface area contributed by atoms with Crippen molar-refractivity contribution in [1.29, 1.82) is 0 Å². The van der Waals surface area contributed by atoms with Crippen LogP contribution in [0, 0.1) is 5.92 Å². The number of alkyl halides is 3. The summed E-state index contributed by atoms with van der Waals surface area (Å²) in [4.78, 5) is 13.8. The van der Waals surface area contributed by atoms with E-state index in [-0.39, 0.29) is 23.1 Å². The number of hydrogen-bond acceptors (Lipinski definition) is 3. The summed E-state index contributed by atoms with van der Waals surface area (Å²) < 4.78 is 40.1. The molecule has 4 nitrogen and oxygen atoms in total. The molecule has 0 radical (unpaired) electrons. The van der Waals surface area contributed by atoms with E-state index in [1.807, 2.05) is 11.8 Å². The third kappa shape index (κ3) is 3.45. The van der Waals surface area contributed by atoms with Crippen LogP contribution in [0.15, 0.2) is 24.3 Å². The Bertz CT molecular complexity index is 561. The van der Waals surface area contributed by atoms with E-state index in [0.29, 0.717) is 13.1 Å². The SMILES string of the molecule is CC1(NC(=O)C2CC2)CN(c2ccc(OC(F)(F)F)cc2)C1. The maximum atomic E-state index is 12.1. The van der Waals surface area contributed by atoms with E-state index in [4.69, 9.17) is 0 Å².